The molecule has 0 saturated heterocycles. The molecule has 0 aliphatic rings. The molecule has 0 unspecified atom stereocenters. The van der Waals surface area contributed by atoms with Crippen molar-refractivity contribution in [2.24, 2.45) is 0 Å². The topological polar surface area (TPSA) is 89.8 Å². The van der Waals surface area contributed by atoms with Crippen LogP contribution in [0.2, 0.25) is 0 Å². The summed E-state index contributed by atoms with van der Waals surface area (Å²) in [4.78, 5) is 19.1. The molecule has 23 heavy (non-hydrogen) atoms. The lowest BCUT2D eigenvalue weighted by Gasteiger charge is -2.03. The largest absolute Gasteiger partial charge is 0.508 e. The molecular weight excluding hydrogens is 358 g/mol. The Hall–Kier alpha value is -2.91. The minimum absolute atomic E-state index is 0.0980. The molecule has 112 valence electrons. The summed E-state index contributed by atoms with van der Waals surface area (Å²) >= 11 is 3.31. The average Bonchev–Trinajstić information content (AvgIpc) is 2.53. The van der Waals surface area contributed by atoms with Crippen molar-refractivity contribution in [3.05, 3.63) is 68.7 Å². The van der Waals surface area contributed by atoms with E-state index in [4.69, 9.17) is 0 Å². The summed E-state index contributed by atoms with van der Waals surface area (Å²) in [5.41, 5.74) is 1.03. The van der Waals surface area contributed by atoms with E-state index in [1.54, 1.807) is 36.4 Å². The molecule has 0 radical (unpaired) electrons. The molecule has 1 aromatic heterocycles. The molecule has 0 aliphatic carbocycles. The number of phenols is 1. The Morgan fingerprint density at radius 1 is 1.30 bits per heavy atom. The molecule has 0 atom stereocenters. The Kier molecular flexibility index (Phi) is 3.96. The predicted molar refractivity (Wildman–Crippen MR) is 91.7 cm³/mol. The second-order valence-electron chi connectivity index (χ2n) is 4.84. The van der Waals surface area contributed by atoms with E-state index in [9.17, 15) is 15.2 Å². The fourth-order valence-electron chi connectivity index (χ4n) is 2.17. The molecule has 0 aliphatic heterocycles. The fraction of sp³-hybridized carbons (Fsp3) is 0. The summed E-state index contributed by atoms with van der Waals surface area (Å²) in [5.74, 6) is 0.288. The van der Waals surface area contributed by atoms with Gasteiger partial charge in [0, 0.05) is 4.47 Å². The number of allylic oxidation sites excluding steroid dienone is 1. The Morgan fingerprint density at radius 2 is 2.13 bits per heavy atom. The lowest BCUT2D eigenvalue weighted by molar-refractivity contribution is 0.475. The molecule has 2 N–H and O–H groups in total. The van der Waals surface area contributed by atoms with Gasteiger partial charge < -0.3 is 10.1 Å². The normalized spacial score (nSPS) is 11.4. The molecule has 1 heterocycles. The standard InChI is InChI=1S/C17H10BrN3O2/c18-12-4-5-15-14(8-12)17(23)21-16(20-15)11(9-19)6-10-2-1-3-13(22)7-10/h1-8,22H,(H,20,21,23)/b11-6+. The summed E-state index contributed by atoms with van der Waals surface area (Å²) in [5, 5.41) is 19.3. The first-order chi connectivity index (χ1) is 11.1. The quantitative estimate of drug-likeness (QED) is 0.678. The Morgan fingerprint density at radius 3 is 2.87 bits per heavy atom. The molecule has 3 aromatic rings. The average molecular weight is 368 g/mol. The summed E-state index contributed by atoms with van der Waals surface area (Å²) in [7, 11) is 0. The highest BCUT2D eigenvalue weighted by molar-refractivity contribution is 9.10. The van der Waals surface area contributed by atoms with Crippen LogP contribution in [0.4, 0.5) is 0 Å². The number of aromatic amines is 1. The molecule has 0 saturated carbocycles. The van der Waals surface area contributed by atoms with Crippen LogP contribution in [0.1, 0.15) is 11.4 Å². The number of benzene rings is 2. The van der Waals surface area contributed by atoms with Gasteiger partial charge in [-0.25, -0.2) is 4.98 Å². The van der Waals surface area contributed by atoms with Crippen LogP contribution < -0.4 is 5.56 Å². The first-order valence-corrected chi connectivity index (χ1v) is 7.47. The van der Waals surface area contributed by atoms with Gasteiger partial charge in [0.05, 0.1) is 16.5 Å². The number of fused-ring (bicyclic) bond motifs is 1. The molecule has 0 amide bonds. The third kappa shape index (κ3) is 3.15. The van der Waals surface area contributed by atoms with Crippen LogP contribution in [0.5, 0.6) is 5.75 Å². The lowest BCUT2D eigenvalue weighted by Crippen LogP contribution is -2.11. The van der Waals surface area contributed by atoms with Gasteiger partial charge >= 0.3 is 0 Å². The number of H-pyrrole nitrogens is 1. The van der Waals surface area contributed by atoms with E-state index in [0.29, 0.717) is 16.5 Å². The van der Waals surface area contributed by atoms with E-state index < -0.39 is 0 Å². The van der Waals surface area contributed by atoms with Crippen molar-refractivity contribution in [1.29, 1.82) is 5.26 Å². The second kappa shape index (κ2) is 6.07. The maximum Gasteiger partial charge on any atom is 0.259 e. The van der Waals surface area contributed by atoms with Gasteiger partial charge in [0.1, 0.15) is 11.8 Å². The van der Waals surface area contributed by atoms with Crippen LogP contribution in [0.15, 0.2) is 51.7 Å². The molecule has 0 fully saturated rings. The Balaban J connectivity index is 2.16. The minimum atomic E-state index is -0.316. The van der Waals surface area contributed by atoms with Gasteiger partial charge in [-0.1, -0.05) is 28.1 Å². The fourth-order valence-corrected chi connectivity index (χ4v) is 2.53. The van der Waals surface area contributed by atoms with E-state index in [1.807, 2.05) is 6.07 Å². The van der Waals surface area contributed by atoms with Crippen molar-refractivity contribution < 1.29 is 5.11 Å². The SMILES string of the molecule is N#C/C(=C\c1cccc(O)c1)c1nc2ccc(Br)cc2c(=O)[nH]1. The van der Waals surface area contributed by atoms with Crippen molar-refractivity contribution >= 4 is 38.5 Å². The van der Waals surface area contributed by atoms with Crippen molar-refractivity contribution in [1.82, 2.24) is 9.97 Å². The first kappa shape index (κ1) is 15.0. The van der Waals surface area contributed by atoms with Crippen LogP contribution in [0, 0.1) is 11.3 Å². The molecule has 3 rings (SSSR count). The van der Waals surface area contributed by atoms with Crippen molar-refractivity contribution in [2.75, 3.05) is 0 Å². The molecule has 0 bridgehead atoms. The zero-order chi connectivity index (χ0) is 16.4. The number of aromatic hydroxyl groups is 1. The molecule has 0 spiro atoms. The van der Waals surface area contributed by atoms with Gasteiger partial charge in [-0.3, -0.25) is 4.79 Å². The summed E-state index contributed by atoms with van der Waals surface area (Å²) in [6.45, 7) is 0. The zero-order valence-electron chi connectivity index (χ0n) is 11.7. The van der Waals surface area contributed by atoms with Crippen LogP contribution >= 0.6 is 15.9 Å². The maximum absolute atomic E-state index is 12.2. The molecule has 5 nitrogen and oxygen atoms in total. The van der Waals surface area contributed by atoms with Gasteiger partial charge in [0.15, 0.2) is 5.82 Å². The molecule has 2 aromatic carbocycles. The molecule has 6 heteroatoms. The second-order valence-corrected chi connectivity index (χ2v) is 5.76. The van der Waals surface area contributed by atoms with E-state index in [2.05, 4.69) is 25.9 Å². The lowest BCUT2D eigenvalue weighted by atomic mass is 10.1. The van der Waals surface area contributed by atoms with Crippen LogP contribution in [0.25, 0.3) is 22.6 Å². The van der Waals surface area contributed by atoms with E-state index in [1.165, 1.54) is 12.1 Å². The smallest absolute Gasteiger partial charge is 0.259 e. The maximum atomic E-state index is 12.2. The highest BCUT2D eigenvalue weighted by Crippen LogP contribution is 2.20. The number of rotatable bonds is 2. The van der Waals surface area contributed by atoms with Crippen molar-refractivity contribution in [3.63, 3.8) is 0 Å². The van der Waals surface area contributed by atoms with Gasteiger partial charge in [0.25, 0.3) is 5.56 Å². The number of nitrogens with zero attached hydrogens (tertiary/aromatic N) is 2. The number of aromatic nitrogens is 2. The van der Waals surface area contributed by atoms with Gasteiger partial charge in [-0.15, -0.1) is 0 Å². The highest BCUT2D eigenvalue weighted by Gasteiger charge is 2.09. The van der Waals surface area contributed by atoms with Crippen molar-refractivity contribution in [2.45, 2.75) is 0 Å². The monoisotopic (exact) mass is 367 g/mol. The summed E-state index contributed by atoms with van der Waals surface area (Å²) < 4.78 is 0.779. The van der Waals surface area contributed by atoms with Crippen LogP contribution in [0.3, 0.4) is 0 Å². The van der Waals surface area contributed by atoms with E-state index >= 15 is 0 Å². The number of hydrogen-bond acceptors (Lipinski definition) is 4. The Labute approximate surface area is 139 Å². The first-order valence-electron chi connectivity index (χ1n) is 6.67. The Bertz CT molecular complexity index is 1030. The van der Waals surface area contributed by atoms with Crippen LogP contribution in [-0.2, 0) is 0 Å². The number of nitrogens with one attached hydrogen (secondary N) is 1. The number of halogens is 1. The predicted octanol–water partition coefficient (Wildman–Crippen LogP) is 3.46. The number of hydrogen-bond donors (Lipinski definition) is 2. The van der Waals surface area contributed by atoms with Gasteiger partial charge in [-0.05, 0) is 42.0 Å². The number of phenolic OH excluding ortho intramolecular Hbond substituents is 1. The van der Waals surface area contributed by atoms with E-state index in [-0.39, 0.29) is 22.7 Å². The third-order valence-corrected chi connectivity index (χ3v) is 3.72. The summed E-state index contributed by atoms with van der Waals surface area (Å²) in [6.07, 6.45) is 1.56. The van der Waals surface area contributed by atoms with Gasteiger partial charge in [0.2, 0.25) is 0 Å². The summed E-state index contributed by atoms with van der Waals surface area (Å²) in [6, 6.07) is 13.7. The van der Waals surface area contributed by atoms with Crippen molar-refractivity contribution in [3.8, 4) is 11.8 Å². The zero-order valence-corrected chi connectivity index (χ0v) is 13.3. The molecular formula is C17H10BrN3O2. The highest BCUT2D eigenvalue weighted by atomic mass is 79.9. The minimum Gasteiger partial charge on any atom is -0.508 e. The number of nitriles is 1. The third-order valence-electron chi connectivity index (χ3n) is 3.22. The van der Waals surface area contributed by atoms with Gasteiger partial charge in [-0.2, -0.15) is 5.26 Å². The van der Waals surface area contributed by atoms with Crippen LogP contribution in [-0.4, -0.2) is 15.1 Å². The van der Waals surface area contributed by atoms with E-state index in [0.717, 1.165) is 4.47 Å².